The maximum Gasteiger partial charge on any atom is 0.248 e. The minimum Gasteiger partial charge on any atom is -0.508 e. The van der Waals surface area contributed by atoms with Gasteiger partial charge < -0.3 is 24.2 Å². The summed E-state index contributed by atoms with van der Waals surface area (Å²) < 4.78 is 17.7. The van der Waals surface area contributed by atoms with Crippen molar-refractivity contribution in [2.24, 2.45) is 11.3 Å². The van der Waals surface area contributed by atoms with Crippen LogP contribution in [0.4, 0.5) is 0 Å². The average Bonchev–Trinajstić information content (AvgIpc) is 2.62. The number of hydrogen-bond acceptors (Lipinski definition) is 5. The molecule has 1 N–H and O–H groups in total. The van der Waals surface area contributed by atoms with E-state index in [1.165, 1.54) is 0 Å². The van der Waals surface area contributed by atoms with Crippen LogP contribution in [0.15, 0.2) is 18.2 Å². The predicted molar refractivity (Wildman–Crippen MR) is 99.7 cm³/mol. The number of hydrogen-bond donors (Lipinski definition) is 1. The highest BCUT2D eigenvalue weighted by Gasteiger charge is 2.52. The third kappa shape index (κ3) is 3.29. The topological polar surface area (TPSA) is 68.2 Å². The molecule has 4 rings (SSSR count). The van der Waals surface area contributed by atoms with Gasteiger partial charge in [-0.3, -0.25) is 4.79 Å². The smallest absolute Gasteiger partial charge is 0.248 e. The molecule has 1 aromatic carbocycles. The lowest BCUT2D eigenvalue weighted by Crippen LogP contribution is -2.54. The van der Waals surface area contributed by atoms with Crippen molar-refractivity contribution in [3.05, 3.63) is 23.8 Å². The number of amides is 1. The van der Waals surface area contributed by atoms with Gasteiger partial charge in [0.15, 0.2) is 0 Å². The van der Waals surface area contributed by atoms with Gasteiger partial charge in [0, 0.05) is 37.7 Å². The molecule has 0 unspecified atom stereocenters. The highest BCUT2D eigenvalue weighted by atomic mass is 16.5. The lowest BCUT2D eigenvalue weighted by atomic mass is 9.64. The molecule has 2 atom stereocenters. The van der Waals surface area contributed by atoms with Gasteiger partial charge in [-0.1, -0.05) is 0 Å². The summed E-state index contributed by atoms with van der Waals surface area (Å²) in [5, 5.41) is 9.80. The molecule has 148 valence electrons. The van der Waals surface area contributed by atoms with Crippen LogP contribution in [0.1, 0.15) is 44.8 Å². The summed E-state index contributed by atoms with van der Waals surface area (Å²) in [6.45, 7) is 6.59. The average molecular weight is 375 g/mol. The van der Waals surface area contributed by atoms with Crippen molar-refractivity contribution >= 4 is 5.91 Å². The van der Waals surface area contributed by atoms with Crippen LogP contribution in [0.3, 0.4) is 0 Å². The molecule has 3 aliphatic rings. The van der Waals surface area contributed by atoms with E-state index in [-0.39, 0.29) is 41.3 Å². The molecular weight excluding hydrogens is 346 g/mol. The first-order valence-corrected chi connectivity index (χ1v) is 9.74. The number of aromatic hydroxyl groups is 1. The molecule has 0 saturated carbocycles. The molecule has 6 nitrogen and oxygen atoms in total. The Morgan fingerprint density at radius 1 is 1.33 bits per heavy atom. The number of carbonyl (C=O) groups excluding carboxylic acids is 1. The van der Waals surface area contributed by atoms with Crippen molar-refractivity contribution in [3.8, 4) is 11.5 Å². The number of likely N-dealkylation sites (tertiary alicyclic amines) is 1. The first kappa shape index (κ1) is 18.6. The number of benzene rings is 1. The van der Waals surface area contributed by atoms with E-state index in [2.05, 4.69) is 13.8 Å². The van der Waals surface area contributed by atoms with E-state index >= 15 is 0 Å². The predicted octanol–water partition coefficient (Wildman–Crippen LogP) is 2.90. The molecule has 1 amide bonds. The lowest BCUT2D eigenvalue weighted by molar-refractivity contribution is -0.176. The van der Waals surface area contributed by atoms with Crippen molar-refractivity contribution in [2.45, 2.75) is 44.8 Å². The van der Waals surface area contributed by atoms with Crippen LogP contribution in [0, 0.1) is 11.3 Å². The normalized spacial score (nSPS) is 28.2. The monoisotopic (exact) mass is 375 g/mol. The molecule has 0 radical (unpaired) electrons. The summed E-state index contributed by atoms with van der Waals surface area (Å²) >= 11 is 0. The third-order valence-electron chi connectivity index (χ3n) is 6.60. The van der Waals surface area contributed by atoms with E-state index in [0.717, 1.165) is 43.7 Å². The Hall–Kier alpha value is -1.79. The molecule has 27 heavy (non-hydrogen) atoms. The van der Waals surface area contributed by atoms with Crippen molar-refractivity contribution < 1.29 is 24.1 Å². The largest absolute Gasteiger partial charge is 0.508 e. The van der Waals surface area contributed by atoms with Gasteiger partial charge in [-0.15, -0.1) is 0 Å². The number of fused-ring (bicyclic) bond motifs is 3. The van der Waals surface area contributed by atoms with Crippen LogP contribution in [0.2, 0.25) is 0 Å². The van der Waals surface area contributed by atoms with Gasteiger partial charge in [-0.25, -0.2) is 0 Å². The third-order valence-corrected chi connectivity index (χ3v) is 6.60. The summed E-state index contributed by atoms with van der Waals surface area (Å²) in [6, 6.07) is 5.30. The summed E-state index contributed by atoms with van der Waals surface area (Å²) in [5.41, 5.74) is 0.752. The molecule has 2 saturated heterocycles. The van der Waals surface area contributed by atoms with Gasteiger partial charge in [-0.2, -0.15) is 0 Å². The van der Waals surface area contributed by atoms with Gasteiger partial charge in [0.1, 0.15) is 23.7 Å². The zero-order valence-corrected chi connectivity index (χ0v) is 16.4. The maximum absolute atomic E-state index is 12.1. The molecular formula is C21H29NO5. The first-order valence-electron chi connectivity index (χ1n) is 9.74. The quantitative estimate of drug-likeness (QED) is 0.861. The van der Waals surface area contributed by atoms with Gasteiger partial charge in [0.2, 0.25) is 5.91 Å². The number of methoxy groups -OCH3 is 1. The number of phenols is 1. The Morgan fingerprint density at radius 2 is 2.07 bits per heavy atom. The van der Waals surface area contributed by atoms with Crippen molar-refractivity contribution in [1.82, 2.24) is 4.90 Å². The van der Waals surface area contributed by atoms with E-state index in [9.17, 15) is 9.90 Å². The summed E-state index contributed by atoms with van der Waals surface area (Å²) in [6.07, 6.45) is 2.91. The Bertz CT molecular complexity index is 723. The molecule has 0 bridgehead atoms. The maximum atomic E-state index is 12.1. The van der Waals surface area contributed by atoms with E-state index in [4.69, 9.17) is 14.2 Å². The van der Waals surface area contributed by atoms with E-state index in [0.29, 0.717) is 6.61 Å². The molecule has 3 aliphatic heterocycles. The number of ether oxygens (including phenoxy) is 3. The van der Waals surface area contributed by atoms with Crippen LogP contribution >= 0.6 is 0 Å². The number of piperidine rings is 1. The molecule has 0 aromatic heterocycles. The highest BCUT2D eigenvalue weighted by molar-refractivity contribution is 5.77. The van der Waals surface area contributed by atoms with Crippen LogP contribution < -0.4 is 4.74 Å². The minimum absolute atomic E-state index is 0.0110. The van der Waals surface area contributed by atoms with Gasteiger partial charge in [-0.05, 0) is 50.7 Å². The van der Waals surface area contributed by atoms with Crippen molar-refractivity contribution in [3.63, 3.8) is 0 Å². The number of carbonyl (C=O) groups is 1. The fourth-order valence-electron chi connectivity index (χ4n) is 4.93. The van der Waals surface area contributed by atoms with E-state index in [1.807, 2.05) is 11.0 Å². The lowest BCUT2D eigenvalue weighted by Gasteiger charge is -2.54. The fraction of sp³-hybridized carbons (Fsp3) is 0.667. The SMILES string of the molecule is COCC(=O)N1CCC2(CC1)CO[C@@H]1c3ccc(O)cc3OC(C)(C)[C@H]1C2. The second-order valence-corrected chi connectivity index (χ2v) is 8.78. The van der Waals surface area contributed by atoms with Crippen molar-refractivity contribution in [2.75, 3.05) is 33.4 Å². The number of phenolic OH excluding ortho intramolecular Hbond substituents is 1. The number of rotatable bonds is 2. The second kappa shape index (κ2) is 6.67. The highest BCUT2D eigenvalue weighted by Crippen LogP contribution is 2.55. The minimum atomic E-state index is -0.373. The summed E-state index contributed by atoms with van der Waals surface area (Å²) in [5.74, 6) is 1.24. The number of nitrogens with zero attached hydrogens (tertiary/aromatic N) is 1. The van der Waals surface area contributed by atoms with Gasteiger partial charge in [0.25, 0.3) is 0 Å². The Morgan fingerprint density at radius 3 is 2.78 bits per heavy atom. The summed E-state index contributed by atoms with van der Waals surface area (Å²) in [4.78, 5) is 14.0. The van der Waals surface area contributed by atoms with Crippen LogP contribution in [0.25, 0.3) is 0 Å². The zero-order valence-electron chi connectivity index (χ0n) is 16.4. The molecule has 1 aromatic rings. The Balaban J connectivity index is 1.52. The van der Waals surface area contributed by atoms with Crippen molar-refractivity contribution in [1.29, 1.82) is 0 Å². The molecule has 6 heteroatoms. The van der Waals surface area contributed by atoms with Crippen LogP contribution in [-0.2, 0) is 14.3 Å². The van der Waals surface area contributed by atoms with Gasteiger partial charge in [0.05, 0.1) is 12.7 Å². The molecule has 1 spiro atoms. The fourth-order valence-corrected chi connectivity index (χ4v) is 4.93. The molecule has 3 heterocycles. The van der Waals surface area contributed by atoms with E-state index in [1.54, 1.807) is 19.2 Å². The second-order valence-electron chi connectivity index (χ2n) is 8.78. The molecule has 2 fully saturated rings. The zero-order chi connectivity index (χ0) is 19.2. The van der Waals surface area contributed by atoms with Crippen LogP contribution in [0.5, 0.6) is 11.5 Å². The van der Waals surface area contributed by atoms with E-state index < -0.39 is 0 Å². The Kier molecular flexibility index (Phi) is 4.59. The Labute approximate surface area is 160 Å². The molecule has 0 aliphatic carbocycles. The standard InChI is InChI=1S/C21H29NO5/c1-20(2)16-11-21(6-8-22(9-7-21)18(24)12-25-3)13-26-19(16)15-5-4-14(23)10-17(15)27-20/h4-5,10,16,19,23H,6-9,11-13H2,1-3H3/t16-,19+/m0/s1. The summed E-state index contributed by atoms with van der Waals surface area (Å²) in [7, 11) is 1.56. The van der Waals surface area contributed by atoms with Crippen LogP contribution in [-0.4, -0.2) is 54.9 Å². The first-order chi connectivity index (χ1) is 12.8. The van der Waals surface area contributed by atoms with Gasteiger partial charge >= 0.3 is 0 Å².